The molecule has 9 heteroatoms. The maximum Gasteiger partial charge on any atom is 0.287 e. The lowest BCUT2D eigenvalue weighted by Gasteiger charge is -2.17. The van der Waals surface area contributed by atoms with Crippen LogP contribution in [0.1, 0.15) is 11.1 Å². The van der Waals surface area contributed by atoms with Crippen LogP contribution < -0.4 is 19.9 Å². The van der Waals surface area contributed by atoms with Gasteiger partial charge in [-0.2, -0.15) is 5.26 Å². The van der Waals surface area contributed by atoms with Crippen molar-refractivity contribution in [3.05, 3.63) is 62.1 Å². The summed E-state index contributed by atoms with van der Waals surface area (Å²) in [5.41, 5.74) is -0.214. The third-order valence-corrected chi connectivity index (χ3v) is 3.83. The molecule has 1 aromatic carbocycles. The van der Waals surface area contributed by atoms with Gasteiger partial charge in [0.15, 0.2) is 6.67 Å². The van der Waals surface area contributed by atoms with Crippen LogP contribution in [-0.4, -0.2) is 30.8 Å². The molecule has 2 aromatic rings. The zero-order chi connectivity index (χ0) is 19.3. The molecule has 0 aliphatic carbocycles. The van der Waals surface area contributed by atoms with E-state index in [1.165, 1.54) is 4.57 Å². The predicted molar refractivity (Wildman–Crippen MR) is 92.2 cm³/mol. The molecule has 1 atom stereocenters. The molecule has 1 unspecified atom stereocenters. The fraction of sp³-hybridized carbons (Fsp3) is 0.294. The standard InChI is InChI=1S/C17H18N4O5/c1-19(9-12-4-5-15(25-2)7-16(12)26-3)11-20-10-14(21(23)24)6-13(8-18)17(20)22/h4-7,10H,9,11H2,1-3H3/p+1. The zero-order valence-corrected chi connectivity index (χ0v) is 14.7. The number of rotatable bonds is 7. The van der Waals surface area contributed by atoms with Gasteiger partial charge in [-0.25, -0.2) is 0 Å². The van der Waals surface area contributed by atoms with Gasteiger partial charge < -0.3 is 14.4 Å². The van der Waals surface area contributed by atoms with Gasteiger partial charge >= 0.3 is 0 Å². The molecule has 136 valence electrons. The first-order valence-corrected chi connectivity index (χ1v) is 7.70. The number of pyridine rings is 1. The smallest absolute Gasteiger partial charge is 0.287 e. The van der Waals surface area contributed by atoms with Crippen molar-refractivity contribution in [2.45, 2.75) is 13.2 Å². The fourth-order valence-electron chi connectivity index (χ4n) is 2.59. The monoisotopic (exact) mass is 359 g/mol. The second kappa shape index (κ2) is 8.13. The molecule has 0 fully saturated rings. The Morgan fingerprint density at radius 1 is 1.31 bits per heavy atom. The Bertz CT molecular complexity index is 916. The molecule has 0 aliphatic rings. The summed E-state index contributed by atoms with van der Waals surface area (Å²) in [7, 11) is 4.95. The zero-order valence-electron chi connectivity index (χ0n) is 14.7. The Kier molecular flexibility index (Phi) is 5.93. The lowest BCUT2D eigenvalue weighted by Crippen LogP contribution is -3.07. The molecular weight excluding hydrogens is 340 g/mol. The summed E-state index contributed by atoms with van der Waals surface area (Å²) in [6.07, 6.45) is 1.15. The summed E-state index contributed by atoms with van der Waals surface area (Å²) in [4.78, 5) is 23.5. The van der Waals surface area contributed by atoms with Crippen LogP contribution in [0.25, 0.3) is 0 Å². The molecule has 9 nitrogen and oxygen atoms in total. The van der Waals surface area contributed by atoms with Crippen LogP contribution in [0.5, 0.6) is 11.5 Å². The fourth-order valence-corrected chi connectivity index (χ4v) is 2.59. The quantitative estimate of drug-likeness (QED) is 0.563. The van der Waals surface area contributed by atoms with E-state index in [0.29, 0.717) is 18.0 Å². The number of nitriles is 1. The Hall–Kier alpha value is -3.38. The molecule has 0 amide bonds. The topological polar surface area (TPSA) is 112 Å². The van der Waals surface area contributed by atoms with E-state index in [-0.39, 0.29) is 17.9 Å². The normalized spacial score (nSPS) is 11.5. The molecular formula is C17H19N4O5+. The number of hydrogen-bond acceptors (Lipinski definition) is 6. The van der Waals surface area contributed by atoms with Gasteiger partial charge in [-0.15, -0.1) is 0 Å². The van der Waals surface area contributed by atoms with Gasteiger partial charge in [-0.1, -0.05) is 0 Å². The van der Waals surface area contributed by atoms with E-state index >= 15 is 0 Å². The minimum Gasteiger partial charge on any atom is -0.497 e. The Labute approximate surface area is 149 Å². The molecule has 0 aliphatic heterocycles. The first-order chi connectivity index (χ1) is 12.4. The van der Waals surface area contributed by atoms with Crippen LogP contribution in [0.2, 0.25) is 0 Å². The van der Waals surface area contributed by atoms with Crippen molar-refractivity contribution < 1.29 is 19.3 Å². The van der Waals surface area contributed by atoms with Gasteiger partial charge in [0.05, 0.1) is 32.4 Å². The van der Waals surface area contributed by atoms with Gasteiger partial charge in [0.2, 0.25) is 0 Å². The Balaban J connectivity index is 2.27. The van der Waals surface area contributed by atoms with Crippen molar-refractivity contribution in [3.8, 4) is 17.6 Å². The van der Waals surface area contributed by atoms with E-state index in [0.717, 1.165) is 22.7 Å². The number of nitrogens with one attached hydrogen (secondary N) is 1. The van der Waals surface area contributed by atoms with Crippen LogP contribution in [-0.2, 0) is 13.2 Å². The van der Waals surface area contributed by atoms with E-state index in [1.54, 1.807) is 32.4 Å². The average Bonchev–Trinajstić information content (AvgIpc) is 2.63. The summed E-state index contributed by atoms with van der Waals surface area (Å²) < 4.78 is 11.7. The van der Waals surface area contributed by atoms with Gasteiger partial charge in [0.25, 0.3) is 11.2 Å². The Morgan fingerprint density at radius 3 is 2.62 bits per heavy atom. The van der Waals surface area contributed by atoms with Gasteiger partial charge in [0, 0.05) is 17.7 Å². The third-order valence-electron chi connectivity index (χ3n) is 3.83. The van der Waals surface area contributed by atoms with Crippen LogP contribution in [0.15, 0.2) is 35.3 Å². The van der Waals surface area contributed by atoms with Crippen LogP contribution in [0, 0.1) is 21.4 Å². The minimum absolute atomic E-state index is 0.157. The van der Waals surface area contributed by atoms with Crippen LogP contribution in [0.3, 0.4) is 0 Å². The van der Waals surface area contributed by atoms with Gasteiger partial charge in [-0.05, 0) is 12.1 Å². The molecule has 1 heterocycles. The van der Waals surface area contributed by atoms with E-state index in [2.05, 4.69) is 0 Å². The molecule has 0 bridgehead atoms. The van der Waals surface area contributed by atoms with Crippen molar-refractivity contribution in [1.29, 1.82) is 5.26 Å². The number of aromatic nitrogens is 1. The summed E-state index contributed by atoms with van der Waals surface area (Å²) in [6, 6.07) is 8.11. The number of hydrogen-bond donors (Lipinski definition) is 1. The summed E-state index contributed by atoms with van der Waals surface area (Å²) >= 11 is 0. The number of benzene rings is 1. The van der Waals surface area contributed by atoms with E-state index in [4.69, 9.17) is 14.7 Å². The highest BCUT2D eigenvalue weighted by Gasteiger charge is 2.17. The largest absolute Gasteiger partial charge is 0.497 e. The lowest BCUT2D eigenvalue weighted by atomic mass is 10.2. The SMILES string of the molecule is COc1ccc(C[NH+](C)Cn2cc([N+](=O)[O-])cc(C#N)c2=O)c(OC)c1. The van der Waals surface area contributed by atoms with Gasteiger partial charge in [0.1, 0.15) is 29.7 Å². The van der Waals surface area contributed by atoms with E-state index in [1.807, 2.05) is 13.1 Å². The summed E-state index contributed by atoms with van der Waals surface area (Å²) in [5, 5.41) is 20.0. The highest BCUT2D eigenvalue weighted by molar-refractivity contribution is 5.40. The lowest BCUT2D eigenvalue weighted by molar-refractivity contribution is -0.917. The molecule has 0 saturated carbocycles. The molecule has 0 radical (unpaired) electrons. The molecule has 0 spiro atoms. The number of ether oxygens (including phenoxy) is 2. The van der Waals surface area contributed by atoms with Crippen molar-refractivity contribution in [3.63, 3.8) is 0 Å². The summed E-state index contributed by atoms with van der Waals surface area (Å²) in [6.45, 7) is 0.661. The van der Waals surface area contributed by atoms with E-state index < -0.39 is 10.5 Å². The Morgan fingerprint density at radius 2 is 2.04 bits per heavy atom. The molecule has 1 N–H and O–H groups in total. The first kappa shape index (κ1) is 19.0. The average molecular weight is 359 g/mol. The highest BCUT2D eigenvalue weighted by atomic mass is 16.6. The second-order valence-electron chi connectivity index (χ2n) is 5.73. The number of nitro groups is 1. The maximum absolute atomic E-state index is 12.2. The maximum atomic E-state index is 12.2. The first-order valence-electron chi connectivity index (χ1n) is 7.70. The van der Waals surface area contributed by atoms with Crippen LogP contribution in [0.4, 0.5) is 5.69 Å². The second-order valence-corrected chi connectivity index (χ2v) is 5.73. The number of quaternary nitrogens is 1. The highest BCUT2D eigenvalue weighted by Crippen LogP contribution is 2.23. The van der Waals surface area contributed by atoms with Crippen molar-refractivity contribution >= 4 is 5.69 Å². The summed E-state index contributed by atoms with van der Waals surface area (Å²) in [5.74, 6) is 1.31. The molecule has 2 rings (SSSR count). The van der Waals surface area contributed by atoms with Gasteiger partial charge in [-0.3, -0.25) is 19.5 Å². The van der Waals surface area contributed by atoms with E-state index in [9.17, 15) is 14.9 Å². The van der Waals surface area contributed by atoms with Crippen molar-refractivity contribution in [2.75, 3.05) is 21.3 Å². The molecule has 26 heavy (non-hydrogen) atoms. The van der Waals surface area contributed by atoms with Crippen molar-refractivity contribution in [2.24, 2.45) is 0 Å². The third kappa shape index (κ3) is 4.17. The molecule has 1 aromatic heterocycles. The predicted octanol–water partition coefficient (Wildman–Crippen LogP) is 0.318. The minimum atomic E-state index is -0.626. The van der Waals surface area contributed by atoms with Crippen LogP contribution >= 0.6 is 0 Å². The molecule has 0 saturated heterocycles. The number of nitrogens with zero attached hydrogens (tertiary/aromatic N) is 3. The van der Waals surface area contributed by atoms with Crippen molar-refractivity contribution in [1.82, 2.24) is 4.57 Å². The number of methoxy groups -OCH3 is 2.